The van der Waals surface area contributed by atoms with Crippen LogP contribution in [0.4, 0.5) is 0 Å². The van der Waals surface area contributed by atoms with E-state index < -0.39 is 0 Å². The van der Waals surface area contributed by atoms with Gasteiger partial charge in [0.05, 0.1) is 16.9 Å². The van der Waals surface area contributed by atoms with Crippen LogP contribution in [0.3, 0.4) is 0 Å². The van der Waals surface area contributed by atoms with Crippen LogP contribution in [0, 0.1) is 3.57 Å². The lowest BCUT2D eigenvalue weighted by molar-refractivity contribution is 0.0955. The number of carbonyl (C=O) groups excluding carboxylic acids is 1. The predicted octanol–water partition coefficient (Wildman–Crippen LogP) is 3.53. The minimum atomic E-state index is -0.341. The number of phenols is 1. The zero-order valence-electron chi connectivity index (χ0n) is 11.5. The number of methoxy groups -OCH3 is 1. The van der Waals surface area contributed by atoms with Gasteiger partial charge in [0.25, 0.3) is 5.91 Å². The summed E-state index contributed by atoms with van der Waals surface area (Å²) in [7, 11) is 1.58. The number of nitrogens with zero attached hydrogens (tertiary/aromatic N) is 1. The summed E-state index contributed by atoms with van der Waals surface area (Å²) >= 11 is 5.40. The van der Waals surface area contributed by atoms with Gasteiger partial charge in [0.15, 0.2) is 0 Å². The van der Waals surface area contributed by atoms with Crippen molar-refractivity contribution in [1.82, 2.24) is 5.43 Å². The highest BCUT2D eigenvalue weighted by molar-refractivity contribution is 14.1. The second-order valence-corrected chi connectivity index (χ2v) is 6.33. The SMILES string of the molecule is COc1ccc(C(=O)N/N=C\c2cc(Br)ccc2O)cc1I. The number of rotatable bonds is 4. The monoisotopic (exact) mass is 474 g/mol. The molecule has 2 aromatic rings. The van der Waals surface area contributed by atoms with Gasteiger partial charge >= 0.3 is 0 Å². The molecule has 0 unspecified atom stereocenters. The highest BCUT2D eigenvalue weighted by atomic mass is 127. The molecule has 114 valence electrons. The van der Waals surface area contributed by atoms with E-state index in [1.807, 2.05) is 0 Å². The molecule has 2 rings (SSSR count). The molecule has 1 amide bonds. The number of carbonyl (C=O) groups is 1. The number of phenolic OH excluding ortho intramolecular Hbond substituents is 1. The van der Waals surface area contributed by atoms with Crippen LogP contribution in [-0.4, -0.2) is 24.3 Å². The first kappa shape index (κ1) is 16.8. The fourth-order valence-corrected chi connectivity index (χ4v) is 2.78. The molecular weight excluding hydrogens is 463 g/mol. The van der Waals surface area contributed by atoms with Gasteiger partial charge in [-0.05, 0) is 59.0 Å². The first-order valence-electron chi connectivity index (χ1n) is 6.16. The van der Waals surface area contributed by atoms with Crippen LogP contribution in [0.5, 0.6) is 11.5 Å². The highest BCUT2D eigenvalue weighted by Crippen LogP contribution is 2.22. The van der Waals surface area contributed by atoms with Crippen LogP contribution < -0.4 is 10.2 Å². The Kier molecular flexibility index (Phi) is 5.78. The van der Waals surface area contributed by atoms with Gasteiger partial charge in [0.2, 0.25) is 0 Å². The Bertz CT molecular complexity index is 735. The normalized spacial score (nSPS) is 10.7. The summed E-state index contributed by atoms with van der Waals surface area (Å²) < 4.78 is 6.78. The summed E-state index contributed by atoms with van der Waals surface area (Å²) in [6, 6.07) is 10.0. The summed E-state index contributed by atoms with van der Waals surface area (Å²) in [5.74, 6) is 0.450. The van der Waals surface area contributed by atoms with Crippen LogP contribution in [-0.2, 0) is 0 Å². The summed E-state index contributed by atoms with van der Waals surface area (Å²) in [6.45, 7) is 0. The molecule has 0 atom stereocenters. The van der Waals surface area contributed by atoms with Crippen molar-refractivity contribution in [3.63, 3.8) is 0 Å². The molecule has 0 radical (unpaired) electrons. The van der Waals surface area contributed by atoms with Crippen LogP contribution >= 0.6 is 38.5 Å². The molecular formula is C15H12BrIN2O3. The van der Waals surface area contributed by atoms with Crippen LogP contribution in [0.25, 0.3) is 0 Å². The minimum Gasteiger partial charge on any atom is -0.507 e. The third kappa shape index (κ3) is 4.20. The van der Waals surface area contributed by atoms with E-state index in [4.69, 9.17) is 4.74 Å². The fourth-order valence-electron chi connectivity index (χ4n) is 1.66. The van der Waals surface area contributed by atoms with E-state index in [2.05, 4.69) is 49.0 Å². The Labute approximate surface area is 149 Å². The standard InChI is InChI=1S/C15H12BrIN2O3/c1-22-14-5-2-9(7-12(14)17)15(21)19-18-8-10-6-11(16)3-4-13(10)20/h2-8,20H,1H3,(H,19,21)/b18-8-. The van der Waals surface area contributed by atoms with E-state index in [-0.39, 0.29) is 11.7 Å². The molecule has 0 fully saturated rings. The molecule has 2 aromatic carbocycles. The number of aromatic hydroxyl groups is 1. The van der Waals surface area contributed by atoms with Crippen molar-refractivity contribution in [2.45, 2.75) is 0 Å². The van der Waals surface area contributed by atoms with Crippen molar-refractivity contribution < 1.29 is 14.6 Å². The molecule has 0 aliphatic rings. The Morgan fingerprint density at radius 3 is 2.82 bits per heavy atom. The molecule has 2 N–H and O–H groups in total. The van der Waals surface area contributed by atoms with Crippen molar-refractivity contribution in [3.8, 4) is 11.5 Å². The van der Waals surface area contributed by atoms with Gasteiger partial charge in [-0.3, -0.25) is 4.79 Å². The van der Waals surface area contributed by atoms with Crippen molar-refractivity contribution in [2.75, 3.05) is 7.11 Å². The lowest BCUT2D eigenvalue weighted by atomic mass is 10.2. The Morgan fingerprint density at radius 1 is 1.36 bits per heavy atom. The second-order valence-electron chi connectivity index (χ2n) is 4.25. The molecule has 0 heterocycles. The average molecular weight is 475 g/mol. The van der Waals surface area contributed by atoms with Gasteiger partial charge < -0.3 is 9.84 Å². The lowest BCUT2D eigenvalue weighted by Gasteiger charge is -2.05. The van der Waals surface area contributed by atoms with E-state index in [0.717, 1.165) is 8.04 Å². The van der Waals surface area contributed by atoms with E-state index in [9.17, 15) is 9.90 Å². The molecule has 5 nitrogen and oxygen atoms in total. The zero-order valence-corrected chi connectivity index (χ0v) is 15.3. The van der Waals surface area contributed by atoms with E-state index >= 15 is 0 Å². The summed E-state index contributed by atoms with van der Waals surface area (Å²) in [4.78, 5) is 12.0. The summed E-state index contributed by atoms with van der Waals surface area (Å²) in [5, 5.41) is 13.5. The zero-order chi connectivity index (χ0) is 16.1. The number of halogens is 2. The second kappa shape index (κ2) is 7.59. The predicted molar refractivity (Wildman–Crippen MR) is 96.6 cm³/mol. The van der Waals surface area contributed by atoms with Gasteiger partial charge in [-0.15, -0.1) is 0 Å². The maximum Gasteiger partial charge on any atom is 0.271 e. The van der Waals surface area contributed by atoms with Crippen LogP contribution in [0.2, 0.25) is 0 Å². The third-order valence-electron chi connectivity index (χ3n) is 2.77. The van der Waals surface area contributed by atoms with E-state index in [1.165, 1.54) is 6.21 Å². The molecule has 22 heavy (non-hydrogen) atoms. The van der Waals surface area contributed by atoms with Crippen LogP contribution in [0.15, 0.2) is 46.0 Å². The molecule has 0 spiro atoms. The molecule has 0 saturated carbocycles. The summed E-state index contributed by atoms with van der Waals surface area (Å²) in [5.41, 5.74) is 3.39. The number of nitrogens with one attached hydrogen (secondary N) is 1. The largest absolute Gasteiger partial charge is 0.507 e. The van der Waals surface area contributed by atoms with Crippen LogP contribution in [0.1, 0.15) is 15.9 Å². The number of benzene rings is 2. The number of amides is 1. The first-order chi connectivity index (χ1) is 10.5. The number of ether oxygens (including phenoxy) is 1. The number of hydrogen-bond donors (Lipinski definition) is 2. The van der Waals surface area contributed by atoms with Gasteiger partial charge in [-0.2, -0.15) is 5.10 Å². The van der Waals surface area contributed by atoms with E-state index in [0.29, 0.717) is 16.9 Å². The van der Waals surface area contributed by atoms with Crippen molar-refractivity contribution >= 4 is 50.6 Å². The third-order valence-corrected chi connectivity index (χ3v) is 4.11. The lowest BCUT2D eigenvalue weighted by Crippen LogP contribution is -2.17. The topological polar surface area (TPSA) is 70.9 Å². The summed E-state index contributed by atoms with van der Waals surface area (Å²) in [6.07, 6.45) is 1.38. The average Bonchev–Trinajstić information content (AvgIpc) is 2.50. The molecule has 0 saturated heterocycles. The Hall–Kier alpha value is -1.61. The first-order valence-corrected chi connectivity index (χ1v) is 8.04. The Balaban J connectivity index is 2.08. The number of hydrazone groups is 1. The van der Waals surface area contributed by atoms with Crippen molar-refractivity contribution in [2.24, 2.45) is 5.10 Å². The fraction of sp³-hybridized carbons (Fsp3) is 0.0667. The molecule has 0 aliphatic carbocycles. The molecule has 0 bridgehead atoms. The van der Waals surface area contributed by atoms with Gasteiger partial charge in [-0.25, -0.2) is 5.43 Å². The van der Waals surface area contributed by atoms with Gasteiger partial charge in [0.1, 0.15) is 11.5 Å². The van der Waals surface area contributed by atoms with Gasteiger partial charge in [-0.1, -0.05) is 15.9 Å². The Morgan fingerprint density at radius 2 is 2.14 bits per heavy atom. The maximum absolute atomic E-state index is 12.0. The smallest absolute Gasteiger partial charge is 0.271 e. The molecule has 0 aliphatic heterocycles. The van der Waals surface area contributed by atoms with Crippen molar-refractivity contribution in [1.29, 1.82) is 0 Å². The van der Waals surface area contributed by atoms with Gasteiger partial charge in [0, 0.05) is 15.6 Å². The quantitative estimate of drug-likeness (QED) is 0.404. The number of hydrogen-bond acceptors (Lipinski definition) is 4. The van der Waals surface area contributed by atoms with E-state index in [1.54, 1.807) is 43.5 Å². The van der Waals surface area contributed by atoms with Crippen molar-refractivity contribution in [3.05, 3.63) is 55.6 Å². The molecule has 0 aromatic heterocycles. The minimum absolute atomic E-state index is 0.0835. The molecule has 7 heteroatoms. The maximum atomic E-state index is 12.0. The highest BCUT2D eigenvalue weighted by Gasteiger charge is 2.08.